The highest BCUT2D eigenvalue weighted by Crippen LogP contribution is 2.21. The Bertz CT molecular complexity index is 923. The number of carbonyl (C=O) groups is 1. The quantitative estimate of drug-likeness (QED) is 0.742. The van der Waals surface area contributed by atoms with Gasteiger partial charge in [0.25, 0.3) is 5.56 Å². The first-order chi connectivity index (χ1) is 11.0. The molecule has 0 aliphatic carbocycles. The molecule has 1 aromatic carbocycles. The monoisotopic (exact) mass is 312 g/mol. The SMILES string of the molecule is COC(=O)c1cc(=O)n2[nH]c(-c3ccc(N(C)C)cc3)cc2n1. The fourth-order valence-corrected chi connectivity index (χ4v) is 2.29. The van der Waals surface area contributed by atoms with E-state index in [1.54, 1.807) is 6.07 Å². The number of aromatic amines is 1. The number of nitrogens with zero attached hydrogens (tertiary/aromatic N) is 3. The summed E-state index contributed by atoms with van der Waals surface area (Å²) in [6.07, 6.45) is 0. The smallest absolute Gasteiger partial charge is 0.356 e. The molecule has 7 nitrogen and oxygen atoms in total. The van der Waals surface area contributed by atoms with Gasteiger partial charge in [0.2, 0.25) is 0 Å². The van der Waals surface area contributed by atoms with E-state index in [0.717, 1.165) is 23.0 Å². The van der Waals surface area contributed by atoms with Crippen molar-refractivity contribution in [3.8, 4) is 11.3 Å². The number of aromatic nitrogens is 3. The van der Waals surface area contributed by atoms with E-state index < -0.39 is 5.97 Å². The van der Waals surface area contributed by atoms with Crippen molar-refractivity contribution in [2.45, 2.75) is 0 Å². The van der Waals surface area contributed by atoms with Gasteiger partial charge in [0.15, 0.2) is 11.3 Å². The van der Waals surface area contributed by atoms with Gasteiger partial charge in [0, 0.05) is 31.9 Å². The van der Waals surface area contributed by atoms with Crippen LogP contribution in [-0.2, 0) is 4.74 Å². The highest BCUT2D eigenvalue weighted by atomic mass is 16.5. The van der Waals surface area contributed by atoms with Crippen molar-refractivity contribution in [1.29, 1.82) is 0 Å². The third-order valence-electron chi connectivity index (χ3n) is 3.54. The normalized spacial score (nSPS) is 10.7. The predicted octanol–water partition coefficient (Wildman–Crippen LogP) is 1.54. The van der Waals surface area contributed by atoms with E-state index >= 15 is 0 Å². The van der Waals surface area contributed by atoms with Gasteiger partial charge in [-0.25, -0.2) is 14.3 Å². The van der Waals surface area contributed by atoms with E-state index in [-0.39, 0.29) is 11.3 Å². The first kappa shape index (κ1) is 14.8. The van der Waals surface area contributed by atoms with Gasteiger partial charge in [-0.1, -0.05) is 12.1 Å². The molecule has 3 aromatic rings. The lowest BCUT2D eigenvalue weighted by molar-refractivity contribution is 0.0594. The van der Waals surface area contributed by atoms with Crippen LogP contribution >= 0.6 is 0 Å². The summed E-state index contributed by atoms with van der Waals surface area (Å²) in [6, 6.07) is 10.7. The molecule has 0 saturated heterocycles. The number of rotatable bonds is 3. The molecule has 0 radical (unpaired) electrons. The van der Waals surface area contributed by atoms with Crippen LogP contribution < -0.4 is 10.5 Å². The highest BCUT2D eigenvalue weighted by molar-refractivity contribution is 5.87. The fraction of sp³-hybridized carbons (Fsp3) is 0.188. The topological polar surface area (TPSA) is 79.7 Å². The third-order valence-corrected chi connectivity index (χ3v) is 3.54. The zero-order valence-electron chi connectivity index (χ0n) is 13.0. The number of H-pyrrole nitrogens is 1. The lowest BCUT2D eigenvalue weighted by Gasteiger charge is -2.12. The molecule has 2 heterocycles. The number of anilines is 1. The first-order valence-corrected chi connectivity index (χ1v) is 6.98. The second kappa shape index (κ2) is 5.60. The van der Waals surface area contributed by atoms with Crippen LogP contribution in [0.3, 0.4) is 0 Å². The second-order valence-electron chi connectivity index (χ2n) is 5.28. The summed E-state index contributed by atoms with van der Waals surface area (Å²) in [5.41, 5.74) is 2.72. The van der Waals surface area contributed by atoms with Gasteiger partial charge in [0.1, 0.15) is 0 Å². The van der Waals surface area contributed by atoms with Crippen molar-refractivity contribution < 1.29 is 9.53 Å². The molecule has 0 saturated carbocycles. The molecule has 0 bridgehead atoms. The maximum Gasteiger partial charge on any atom is 0.356 e. The van der Waals surface area contributed by atoms with Crippen LogP contribution in [0.1, 0.15) is 10.5 Å². The molecule has 0 amide bonds. The molecule has 118 valence electrons. The largest absolute Gasteiger partial charge is 0.464 e. The molecule has 0 atom stereocenters. The van der Waals surface area contributed by atoms with Crippen LogP contribution in [0.5, 0.6) is 0 Å². The molecule has 0 aliphatic rings. The van der Waals surface area contributed by atoms with Gasteiger partial charge >= 0.3 is 5.97 Å². The molecule has 2 aromatic heterocycles. The summed E-state index contributed by atoms with van der Waals surface area (Å²) < 4.78 is 5.90. The Balaban J connectivity index is 2.07. The Morgan fingerprint density at radius 2 is 1.91 bits per heavy atom. The standard InChI is InChI=1S/C16H16N4O3/c1-19(2)11-6-4-10(5-7-11)12-8-14-17-13(16(22)23-3)9-15(21)20(14)18-12/h4-9,18H,1-3H3. The number of carbonyl (C=O) groups excluding carboxylic acids is 1. The number of nitrogens with one attached hydrogen (secondary N) is 1. The van der Waals surface area contributed by atoms with Crippen LogP contribution in [0.15, 0.2) is 41.2 Å². The summed E-state index contributed by atoms with van der Waals surface area (Å²) in [4.78, 5) is 29.8. The zero-order chi connectivity index (χ0) is 16.6. The van der Waals surface area contributed by atoms with Crippen LogP contribution in [-0.4, -0.2) is 41.8 Å². The lowest BCUT2D eigenvalue weighted by atomic mass is 10.1. The molecule has 0 aliphatic heterocycles. The lowest BCUT2D eigenvalue weighted by Crippen LogP contribution is -2.18. The maximum atomic E-state index is 12.1. The van der Waals surface area contributed by atoms with Crippen LogP contribution in [0.4, 0.5) is 5.69 Å². The van der Waals surface area contributed by atoms with Gasteiger partial charge in [-0.05, 0) is 17.7 Å². The highest BCUT2D eigenvalue weighted by Gasteiger charge is 2.13. The molecular formula is C16H16N4O3. The average molecular weight is 312 g/mol. The number of fused-ring (bicyclic) bond motifs is 1. The molecule has 3 rings (SSSR count). The van der Waals surface area contributed by atoms with Crippen molar-refractivity contribution in [1.82, 2.24) is 14.6 Å². The predicted molar refractivity (Wildman–Crippen MR) is 86.9 cm³/mol. The number of methoxy groups -OCH3 is 1. The molecule has 0 fully saturated rings. The number of esters is 1. The summed E-state index contributed by atoms with van der Waals surface area (Å²) in [5, 5.41) is 2.99. The summed E-state index contributed by atoms with van der Waals surface area (Å²) >= 11 is 0. The van der Waals surface area contributed by atoms with Crippen LogP contribution in [0.2, 0.25) is 0 Å². The minimum absolute atomic E-state index is 0.00833. The number of hydrogen-bond donors (Lipinski definition) is 1. The van der Waals surface area contributed by atoms with Crippen molar-refractivity contribution in [2.75, 3.05) is 26.1 Å². The maximum absolute atomic E-state index is 12.1. The van der Waals surface area contributed by atoms with Crippen molar-refractivity contribution in [3.05, 3.63) is 52.4 Å². The van der Waals surface area contributed by atoms with Crippen molar-refractivity contribution >= 4 is 17.3 Å². The van der Waals surface area contributed by atoms with Gasteiger partial charge < -0.3 is 9.64 Å². The van der Waals surface area contributed by atoms with Gasteiger partial charge in [0.05, 0.1) is 12.8 Å². The molecular weight excluding hydrogens is 296 g/mol. The number of benzene rings is 1. The number of ether oxygens (including phenoxy) is 1. The van der Waals surface area contributed by atoms with Gasteiger partial charge in [-0.15, -0.1) is 0 Å². The Morgan fingerprint density at radius 3 is 2.52 bits per heavy atom. The molecule has 0 unspecified atom stereocenters. The summed E-state index contributed by atoms with van der Waals surface area (Å²) in [6.45, 7) is 0. The molecule has 1 N–H and O–H groups in total. The van der Waals surface area contributed by atoms with Gasteiger partial charge in [-0.2, -0.15) is 0 Å². The Labute approximate surface area is 132 Å². The van der Waals surface area contributed by atoms with E-state index in [2.05, 4.69) is 14.8 Å². The van der Waals surface area contributed by atoms with Crippen molar-refractivity contribution in [2.24, 2.45) is 0 Å². The van der Waals surface area contributed by atoms with E-state index in [1.807, 2.05) is 43.3 Å². The number of hydrogen-bond acceptors (Lipinski definition) is 5. The third kappa shape index (κ3) is 2.68. The zero-order valence-corrected chi connectivity index (χ0v) is 13.0. The Hall–Kier alpha value is -3.09. The Morgan fingerprint density at radius 1 is 1.22 bits per heavy atom. The van der Waals surface area contributed by atoms with Crippen LogP contribution in [0, 0.1) is 0 Å². The van der Waals surface area contributed by atoms with E-state index in [4.69, 9.17) is 0 Å². The molecule has 7 heteroatoms. The first-order valence-electron chi connectivity index (χ1n) is 6.98. The van der Waals surface area contributed by atoms with Gasteiger partial charge in [-0.3, -0.25) is 9.89 Å². The fourth-order valence-electron chi connectivity index (χ4n) is 2.29. The molecule has 23 heavy (non-hydrogen) atoms. The van der Waals surface area contributed by atoms with E-state index in [9.17, 15) is 9.59 Å². The Kier molecular flexibility index (Phi) is 3.61. The molecule has 0 spiro atoms. The van der Waals surface area contributed by atoms with Crippen molar-refractivity contribution in [3.63, 3.8) is 0 Å². The summed E-state index contributed by atoms with van der Waals surface area (Å²) in [7, 11) is 5.19. The van der Waals surface area contributed by atoms with Crippen LogP contribution in [0.25, 0.3) is 16.9 Å². The average Bonchev–Trinajstić information content (AvgIpc) is 2.98. The van der Waals surface area contributed by atoms with E-state index in [0.29, 0.717) is 5.65 Å². The minimum Gasteiger partial charge on any atom is -0.464 e. The minimum atomic E-state index is -0.636. The second-order valence-corrected chi connectivity index (χ2v) is 5.28. The summed E-state index contributed by atoms with van der Waals surface area (Å²) in [5.74, 6) is -0.636. The van der Waals surface area contributed by atoms with E-state index in [1.165, 1.54) is 11.6 Å².